The zero-order chi connectivity index (χ0) is 10.7. The number of rotatable bonds is 4. The first-order valence-electron chi connectivity index (χ1n) is 4.60. The van der Waals surface area contributed by atoms with Crippen molar-refractivity contribution >= 4 is 0 Å². The van der Waals surface area contributed by atoms with Gasteiger partial charge in [-0.15, -0.1) is 5.10 Å². The molecule has 0 fully saturated rings. The predicted octanol–water partition coefficient (Wildman–Crippen LogP) is -0.263. The Morgan fingerprint density at radius 1 is 1.53 bits per heavy atom. The second-order valence-electron chi connectivity index (χ2n) is 3.17. The average molecular weight is 208 g/mol. The van der Waals surface area contributed by atoms with Crippen molar-refractivity contribution < 1.29 is 4.52 Å². The van der Waals surface area contributed by atoms with Crippen LogP contribution in [0.5, 0.6) is 0 Å². The Morgan fingerprint density at radius 2 is 2.40 bits per heavy atom. The van der Waals surface area contributed by atoms with Crippen LogP contribution in [0, 0.1) is 6.92 Å². The number of aromatic nitrogens is 5. The first kappa shape index (κ1) is 9.78. The van der Waals surface area contributed by atoms with Crippen LogP contribution in [0.15, 0.2) is 10.7 Å². The lowest BCUT2D eigenvalue weighted by Gasteiger charge is -1.92. The van der Waals surface area contributed by atoms with Gasteiger partial charge in [-0.25, -0.2) is 4.68 Å². The molecule has 0 radical (unpaired) electrons. The largest absolute Gasteiger partial charge is 0.337 e. The van der Waals surface area contributed by atoms with Gasteiger partial charge in [-0.1, -0.05) is 10.4 Å². The highest BCUT2D eigenvalue weighted by Crippen LogP contribution is 1.99. The molecule has 15 heavy (non-hydrogen) atoms. The molecule has 0 amide bonds. The van der Waals surface area contributed by atoms with Crippen molar-refractivity contribution in [2.24, 2.45) is 0 Å². The summed E-state index contributed by atoms with van der Waals surface area (Å²) in [6.45, 7) is 2.93. The summed E-state index contributed by atoms with van der Waals surface area (Å²) >= 11 is 0. The monoisotopic (exact) mass is 208 g/mol. The van der Waals surface area contributed by atoms with Gasteiger partial charge in [0.1, 0.15) is 6.54 Å². The first-order valence-corrected chi connectivity index (χ1v) is 4.60. The second kappa shape index (κ2) is 4.18. The van der Waals surface area contributed by atoms with Crippen molar-refractivity contribution in [3.05, 3.63) is 23.6 Å². The van der Waals surface area contributed by atoms with E-state index in [0.717, 1.165) is 5.69 Å². The van der Waals surface area contributed by atoms with Crippen molar-refractivity contribution in [2.45, 2.75) is 20.0 Å². The summed E-state index contributed by atoms with van der Waals surface area (Å²) in [7, 11) is 1.86. The van der Waals surface area contributed by atoms with Gasteiger partial charge in [-0.05, 0) is 14.0 Å². The Labute approximate surface area is 86.5 Å². The number of aryl methyl sites for hydroxylation is 1. The van der Waals surface area contributed by atoms with Crippen LogP contribution < -0.4 is 5.32 Å². The van der Waals surface area contributed by atoms with Gasteiger partial charge in [-0.3, -0.25) is 0 Å². The van der Waals surface area contributed by atoms with Crippen molar-refractivity contribution in [3.8, 4) is 0 Å². The molecule has 0 saturated carbocycles. The smallest absolute Gasteiger partial charge is 0.248 e. The SMILES string of the molecule is CNCc1cn(Cc2nc(C)no2)nn1. The van der Waals surface area contributed by atoms with Crippen LogP contribution >= 0.6 is 0 Å². The van der Waals surface area contributed by atoms with Crippen LogP contribution in [-0.2, 0) is 13.1 Å². The van der Waals surface area contributed by atoms with Crippen molar-refractivity contribution in [1.29, 1.82) is 0 Å². The number of hydrogen-bond acceptors (Lipinski definition) is 6. The first-order chi connectivity index (χ1) is 7.28. The van der Waals surface area contributed by atoms with E-state index < -0.39 is 0 Å². The molecule has 2 rings (SSSR count). The van der Waals surface area contributed by atoms with E-state index in [1.54, 1.807) is 11.6 Å². The third-order valence-corrected chi connectivity index (χ3v) is 1.81. The maximum Gasteiger partial charge on any atom is 0.248 e. The van der Waals surface area contributed by atoms with E-state index in [-0.39, 0.29) is 0 Å². The Hall–Kier alpha value is -1.76. The standard InChI is InChI=1S/C8H12N6O/c1-6-10-8(15-12-6)5-14-4-7(3-9-2)11-13-14/h4,9H,3,5H2,1-2H3. The van der Waals surface area contributed by atoms with E-state index in [9.17, 15) is 0 Å². The van der Waals surface area contributed by atoms with Crippen molar-refractivity contribution in [3.63, 3.8) is 0 Å². The Kier molecular flexibility index (Phi) is 2.72. The molecule has 1 N–H and O–H groups in total. The molecule has 0 aliphatic carbocycles. The minimum absolute atomic E-state index is 0.456. The third-order valence-electron chi connectivity index (χ3n) is 1.81. The Balaban J connectivity index is 2.04. The average Bonchev–Trinajstić information content (AvgIpc) is 2.78. The minimum atomic E-state index is 0.456. The van der Waals surface area contributed by atoms with E-state index >= 15 is 0 Å². The molecular weight excluding hydrogens is 196 g/mol. The highest BCUT2D eigenvalue weighted by atomic mass is 16.5. The number of nitrogens with one attached hydrogen (secondary N) is 1. The van der Waals surface area contributed by atoms with Crippen molar-refractivity contribution in [1.82, 2.24) is 30.5 Å². The molecule has 0 unspecified atom stereocenters. The fourth-order valence-electron chi connectivity index (χ4n) is 1.22. The van der Waals surface area contributed by atoms with Gasteiger partial charge in [0.05, 0.1) is 11.9 Å². The molecular formula is C8H12N6O. The van der Waals surface area contributed by atoms with Gasteiger partial charge in [0.25, 0.3) is 0 Å². The van der Waals surface area contributed by atoms with Crippen molar-refractivity contribution in [2.75, 3.05) is 7.05 Å². The number of nitrogens with zero attached hydrogens (tertiary/aromatic N) is 5. The zero-order valence-electron chi connectivity index (χ0n) is 8.64. The summed E-state index contributed by atoms with van der Waals surface area (Å²) < 4.78 is 6.64. The van der Waals surface area contributed by atoms with E-state index in [2.05, 4.69) is 25.8 Å². The summed E-state index contributed by atoms with van der Waals surface area (Å²) in [5.74, 6) is 1.16. The molecule has 0 spiro atoms. The number of hydrogen-bond donors (Lipinski definition) is 1. The van der Waals surface area contributed by atoms with Gasteiger partial charge >= 0.3 is 0 Å². The lowest BCUT2D eigenvalue weighted by Crippen LogP contribution is -2.05. The predicted molar refractivity (Wildman–Crippen MR) is 50.9 cm³/mol. The minimum Gasteiger partial charge on any atom is -0.337 e. The van der Waals surface area contributed by atoms with Gasteiger partial charge in [0.2, 0.25) is 5.89 Å². The molecule has 2 aromatic rings. The molecule has 0 atom stereocenters. The maximum absolute atomic E-state index is 4.97. The highest BCUT2D eigenvalue weighted by molar-refractivity contribution is 4.93. The van der Waals surface area contributed by atoms with Crippen LogP contribution in [0.3, 0.4) is 0 Å². The molecule has 0 bridgehead atoms. The van der Waals surface area contributed by atoms with Gasteiger partial charge in [0, 0.05) is 6.54 Å². The fourth-order valence-corrected chi connectivity index (χ4v) is 1.22. The van der Waals surface area contributed by atoms with Crippen LogP contribution in [0.2, 0.25) is 0 Å². The molecule has 2 aromatic heterocycles. The van der Waals surface area contributed by atoms with Crippen LogP contribution in [0.1, 0.15) is 17.4 Å². The van der Waals surface area contributed by atoms with E-state index in [1.165, 1.54) is 0 Å². The molecule has 0 aliphatic rings. The molecule has 80 valence electrons. The Bertz CT molecular complexity index is 434. The fraction of sp³-hybridized carbons (Fsp3) is 0.500. The molecule has 0 aromatic carbocycles. The van der Waals surface area contributed by atoms with E-state index in [0.29, 0.717) is 24.8 Å². The van der Waals surface area contributed by atoms with E-state index in [1.807, 2.05) is 13.2 Å². The van der Waals surface area contributed by atoms with Gasteiger partial charge < -0.3 is 9.84 Å². The molecule has 0 saturated heterocycles. The van der Waals surface area contributed by atoms with Crippen LogP contribution in [-0.4, -0.2) is 32.2 Å². The summed E-state index contributed by atoms with van der Waals surface area (Å²) in [5, 5.41) is 14.6. The highest BCUT2D eigenvalue weighted by Gasteiger charge is 2.05. The second-order valence-corrected chi connectivity index (χ2v) is 3.17. The van der Waals surface area contributed by atoms with Crippen LogP contribution in [0.25, 0.3) is 0 Å². The summed E-state index contributed by atoms with van der Waals surface area (Å²) in [6.07, 6.45) is 1.84. The topological polar surface area (TPSA) is 81.7 Å². The van der Waals surface area contributed by atoms with Crippen LogP contribution in [0.4, 0.5) is 0 Å². The quantitative estimate of drug-likeness (QED) is 0.745. The Morgan fingerprint density at radius 3 is 3.07 bits per heavy atom. The molecule has 7 heteroatoms. The molecule has 2 heterocycles. The normalized spacial score (nSPS) is 10.8. The summed E-state index contributed by atoms with van der Waals surface area (Å²) in [6, 6.07) is 0. The molecule has 7 nitrogen and oxygen atoms in total. The summed E-state index contributed by atoms with van der Waals surface area (Å²) in [5.41, 5.74) is 0.883. The lowest BCUT2D eigenvalue weighted by atomic mass is 10.5. The van der Waals surface area contributed by atoms with Gasteiger partial charge in [-0.2, -0.15) is 4.98 Å². The third kappa shape index (κ3) is 2.38. The van der Waals surface area contributed by atoms with Gasteiger partial charge in [0.15, 0.2) is 5.82 Å². The lowest BCUT2D eigenvalue weighted by molar-refractivity contribution is 0.361. The maximum atomic E-state index is 4.97. The summed E-state index contributed by atoms with van der Waals surface area (Å²) in [4.78, 5) is 4.08. The zero-order valence-corrected chi connectivity index (χ0v) is 8.64. The molecule has 0 aliphatic heterocycles. The van der Waals surface area contributed by atoms with E-state index in [4.69, 9.17) is 4.52 Å².